The van der Waals surface area contributed by atoms with Crippen LogP contribution in [0.15, 0.2) is 17.0 Å². The molecule has 0 radical (unpaired) electrons. The van der Waals surface area contributed by atoms with Crippen molar-refractivity contribution in [3.05, 3.63) is 12.1 Å². The summed E-state index contributed by atoms with van der Waals surface area (Å²) < 4.78 is 49.1. The summed E-state index contributed by atoms with van der Waals surface area (Å²) in [5.74, 6) is -0.322. The number of nitrogens with zero attached hydrogens (tertiary/aromatic N) is 1. The highest BCUT2D eigenvalue weighted by Crippen LogP contribution is 2.36. The molecule has 0 aliphatic carbocycles. The summed E-state index contributed by atoms with van der Waals surface area (Å²) in [6, 6.07) is 2.92. The molecule has 0 amide bonds. The van der Waals surface area contributed by atoms with Crippen LogP contribution >= 0.6 is 0 Å². The van der Waals surface area contributed by atoms with Crippen molar-refractivity contribution in [2.24, 2.45) is 5.92 Å². The molecule has 0 aliphatic heterocycles. The smallest absolute Gasteiger partial charge is 0.306 e. The van der Waals surface area contributed by atoms with Gasteiger partial charge in [0.1, 0.15) is 4.90 Å². The summed E-state index contributed by atoms with van der Waals surface area (Å²) in [5, 5.41) is 0.173. The second-order valence-corrected chi connectivity index (χ2v) is 18.7. The van der Waals surface area contributed by atoms with Crippen LogP contribution in [0.4, 0.5) is 0 Å². The second kappa shape index (κ2) is 16.6. The molecule has 0 aliphatic rings. The number of sulfone groups is 1. The predicted molar refractivity (Wildman–Crippen MR) is 159 cm³/mol. The number of rotatable bonds is 19. The SMILES string of the molecule is CCCC[C@@H](CC)COC(=O)CCS(=O)(=O)c1ccc(OC)nc1O[C@H](C)CCCCO[Si](C)(C)C(C)(C)C. The van der Waals surface area contributed by atoms with Gasteiger partial charge in [0.15, 0.2) is 18.2 Å². The molecule has 1 aromatic rings. The Kier molecular flexibility index (Phi) is 15.0. The van der Waals surface area contributed by atoms with Gasteiger partial charge in [0, 0.05) is 12.7 Å². The number of pyridine rings is 1. The monoisotopic (exact) mass is 587 g/mol. The van der Waals surface area contributed by atoms with E-state index in [0.29, 0.717) is 19.1 Å². The molecule has 8 nitrogen and oxygen atoms in total. The van der Waals surface area contributed by atoms with Crippen LogP contribution < -0.4 is 9.47 Å². The summed E-state index contributed by atoms with van der Waals surface area (Å²) in [7, 11) is -4.14. The van der Waals surface area contributed by atoms with Gasteiger partial charge in [0.25, 0.3) is 0 Å². The first-order valence-electron chi connectivity index (χ1n) is 14.4. The van der Waals surface area contributed by atoms with E-state index in [9.17, 15) is 13.2 Å². The third-order valence-corrected chi connectivity index (χ3v) is 13.8. The molecule has 226 valence electrons. The lowest BCUT2D eigenvalue weighted by atomic mass is 10.0. The Morgan fingerprint density at radius 2 is 1.77 bits per heavy atom. The summed E-state index contributed by atoms with van der Waals surface area (Å²) in [4.78, 5) is 16.5. The maximum Gasteiger partial charge on any atom is 0.306 e. The lowest BCUT2D eigenvalue weighted by Crippen LogP contribution is -2.40. The molecule has 1 heterocycles. The number of carbonyl (C=O) groups excluding carboxylic acids is 1. The van der Waals surface area contributed by atoms with Crippen LogP contribution in [-0.4, -0.2) is 59.9 Å². The van der Waals surface area contributed by atoms with E-state index < -0.39 is 24.1 Å². The first-order valence-corrected chi connectivity index (χ1v) is 19.0. The fraction of sp³-hybridized carbons (Fsp3) is 0.793. The fourth-order valence-corrected chi connectivity index (χ4v) is 6.06. The maximum absolute atomic E-state index is 13.2. The van der Waals surface area contributed by atoms with Crippen LogP contribution in [0.25, 0.3) is 0 Å². The molecule has 1 aromatic heterocycles. The molecule has 0 aromatic carbocycles. The van der Waals surface area contributed by atoms with E-state index in [4.69, 9.17) is 18.6 Å². The van der Waals surface area contributed by atoms with Gasteiger partial charge in [-0.2, -0.15) is 4.98 Å². The van der Waals surface area contributed by atoms with Gasteiger partial charge >= 0.3 is 5.97 Å². The van der Waals surface area contributed by atoms with E-state index in [1.807, 2.05) is 6.92 Å². The van der Waals surface area contributed by atoms with Crippen LogP contribution in [0.3, 0.4) is 0 Å². The van der Waals surface area contributed by atoms with Crippen LogP contribution in [-0.2, 0) is 23.8 Å². The van der Waals surface area contributed by atoms with E-state index in [2.05, 4.69) is 52.7 Å². The van der Waals surface area contributed by atoms with Crippen molar-refractivity contribution in [3.63, 3.8) is 0 Å². The normalized spacial score (nSPS) is 14.1. The number of methoxy groups -OCH3 is 1. The molecular formula is C29H53NO7SSi. The molecule has 0 N–H and O–H groups in total. The van der Waals surface area contributed by atoms with Gasteiger partial charge in [-0.3, -0.25) is 4.79 Å². The van der Waals surface area contributed by atoms with E-state index in [1.54, 1.807) is 0 Å². The number of unbranched alkanes of at least 4 members (excludes halogenated alkanes) is 2. The summed E-state index contributed by atoms with van der Waals surface area (Å²) in [6.07, 6.45) is 6.12. The average Bonchev–Trinajstić information content (AvgIpc) is 2.86. The lowest BCUT2D eigenvalue weighted by Gasteiger charge is -2.36. The minimum Gasteiger partial charge on any atom is -0.481 e. The number of ether oxygens (including phenoxy) is 3. The second-order valence-electron chi connectivity index (χ2n) is 11.9. The van der Waals surface area contributed by atoms with E-state index in [1.165, 1.54) is 19.2 Å². The summed E-state index contributed by atoms with van der Waals surface area (Å²) >= 11 is 0. The van der Waals surface area contributed by atoms with Gasteiger partial charge in [-0.25, -0.2) is 8.42 Å². The Bertz CT molecular complexity index is 976. The fourth-order valence-electron chi connectivity index (χ4n) is 3.68. The topological polar surface area (TPSA) is 101 Å². The number of esters is 1. The molecule has 0 saturated heterocycles. The van der Waals surface area contributed by atoms with Gasteiger partial charge in [-0.15, -0.1) is 0 Å². The van der Waals surface area contributed by atoms with Gasteiger partial charge in [0.2, 0.25) is 11.8 Å². The molecule has 0 spiro atoms. The van der Waals surface area contributed by atoms with Gasteiger partial charge in [-0.05, 0) is 62.7 Å². The van der Waals surface area contributed by atoms with Gasteiger partial charge in [0.05, 0.1) is 32.0 Å². The van der Waals surface area contributed by atoms with Crippen molar-refractivity contribution in [3.8, 4) is 11.8 Å². The summed E-state index contributed by atoms with van der Waals surface area (Å²) in [5.41, 5.74) is 0. The number of hydrogen-bond acceptors (Lipinski definition) is 8. The minimum absolute atomic E-state index is 0.00152. The highest BCUT2D eigenvalue weighted by atomic mass is 32.2. The molecule has 2 atom stereocenters. The van der Waals surface area contributed by atoms with Crippen molar-refractivity contribution in [2.75, 3.05) is 26.1 Å². The maximum atomic E-state index is 13.2. The van der Waals surface area contributed by atoms with Crippen LogP contribution in [0.5, 0.6) is 11.8 Å². The number of aromatic nitrogens is 1. The molecule has 0 saturated carbocycles. The molecule has 0 unspecified atom stereocenters. The van der Waals surface area contributed by atoms with Crippen LogP contribution in [0, 0.1) is 5.92 Å². The van der Waals surface area contributed by atoms with Crippen molar-refractivity contribution in [1.29, 1.82) is 0 Å². The van der Waals surface area contributed by atoms with Crippen molar-refractivity contribution in [1.82, 2.24) is 4.98 Å². The highest BCUT2D eigenvalue weighted by Gasteiger charge is 2.36. The molecule has 39 heavy (non-hydrogen) atoms. The van der Waals surface area contributed by atoms with Crippen molar-refractivity contribution in [2.45, 2.75) is 122 Å². The van der Waals surface area contributed by atoms with E-state index in [0.717, 1.165) is 44.9 Å². The largest absolute Gasteiger partial charge is 0.481 e. The van der Waals surface area contributed by atoms with Gasteiger partial charge < -0.3 is 18.6 Å². The molecule has 0 fully saturated rings. The zero-order valence-electron chi connectivity index (χ0n) is 25.8. The molecule has 0 bridgehead atoms. The Labute approximate surface area is 238 Å². The minimum atomic E-state index is -3.83. The Morgan fingerprint density at radius 3 is 2.36 bits per heavy atom. The van der Waals surface area contributed by atoms with Crippen molar-refractivity contribution >= 4 is 24.1 Å². The molecule has 10 heteroatoms. The zero-order valence-corrected chi connectivity index (χ0v) is 27.6. The third-order valence-electron chi connectivity index (χ3n) is 7.53. The average molecular weight is 588 g/mol. The van der Waals surface area contributed by atoms with Crippen molar-refractivity contribution < 1.29 is 31.8 Å². The number of hydrogen-bond donors (Lipinski definition) is 0. The predicted octanol–water partition coefficient (Wildman–Crippen LogP) is 6.97. The van der Waals surface area contributed by atoms with Crippen LogP contribution in [0.2, 0.25) is 18.1 Å². The first-order chi connectivity index (χ1) is 18.2. The molecular weight excluding hydrogens is 534 g/mol. The Balaban J connectivity index is 2.73. The zero-order chi connectivity index (χ0) is 29.7. The van der Waals surface area contributed by atoms with Crippen LogP contribution in [0.1, 0.15) is 92.9 Å². The molecule has 1 rings (SSSR count). The first kappa shape index (κ1) is 35.4. The summed E-state index contributed by atoms with van der Waals surface area (Å²) in [6.45, 7) is 18.3. The number of carbonyl (C=O) groups is 1. The lowest BCUT2D eigenvalue weighted by molar-refractivity contribution is -0.144. The Morgan fingerprint density at radius 1 is 1.08 bits per heavy atom. The third kappa shape index (κ3) is 12.6. The standard InChI is InChI=1S/C29H53NO7SSi/c1-10-12-16-24(11-2)22-35-27(31)19-21-38(32,33)25-17-18-26(34-7)30-28(25)37-23(3)15-13-14-20-36-39(8,9)29(4,5)6/h17-18,23-24H,10-16,19-22H2,1-9H3/t23-,24-/m1/s1. The Hall–Kier alpha value is -1.65. The van der Waals surface area contributed by atoms with E-state index >= 15 is 0 Å². The highest BCUT2D eigenvalue weighted by molar-refractivity contribution is 7.91. The van der Waals surface area contributed by atoms with Gasteiger partial charge in [-0.1, -0.05) is 53.9 Å². The quantitative estimate of drug-likeness (QED) is 0.0971. The van der Waals surface area contributed by atoms with E-state index in [-0.39, 0.29) is 40.0 Å².